The summed E-state index contributed by atoms with van der Waals surface area (Å²) < 4.78 is 0. The maximum absolute atomic E-state index is 10.3. The zero-order chi connectivity index (χ0) is 14.5. The van der Waals surface area contributed by atoms with Crippen molar-refractivity contribution >= 4 is 6.08 Å². The Labute approximate surface area is 116 Å². The molecule has 0 heterocycles. The topological polar surface area (TPSA) is 40.5 Å². The van der Waals surface area contributed by atoms with Crippen LogP contribution in [0, 0.1) is 6.92 Å². The van der Waals surface area contributed by atoms with E-state index in [1.54, 1.807) is 25.1 Å². The standard InChI is InChI=1S/C17H24O2/c1-13(2)6-5-10-17(4,19)11-9-15-12-14(3)7-8-16(15)18/h6-9,11-12,18-19H,5,10H2,1-4H3/b11-9+/t17-/m1/s1. The Kier molecular flexibility index (Phi) is 5.37. The minimum Gasteiger partial charge on any atom is -0.507 e. The maximum atomic E-state index is 10.3. The molecule has 0 aliphatic carbocycles. The fourth-order valence-corrected chi connectivity index (χ4v) is 1.81. The summed E-state index contributed by atoms with van der Waals surface area (Å²) in [6.45, 7) is 7.86. The van der Waals surface area contributed by atoms with Gasteiger partial charge in [0.2, 0.25) is 0 Å². The molecule has 0 radical (unpaired) electrons. The molecule has 0 aliphatic heterocycles. The zero-order valence-electron chi connectivity index (χ0n) is 12.3. The van der Waals surface area contributed by atoms with Crippen molar-refractivity contribution in [2.45, 2.75) is 46.1 Å². The minimum atomic E-state index is -0.859. The number of benzene rings is 1. The first-order valence-electron chi connectivity index (χ1n) is 6.65. The second-order valence-corrected chi connectivity index (χ2v) is 5.57. The molecule has 1 aromatic rings. The number of rotatable bonds is 5. The summed E-state index contributed by atoms with van der Waals surface area (Å²) in [5, 5.41) is 20.0. The van der Waals surface area contributed by atoms with Crippen LogP contribution in [0.2, 0.25) is 0 Å². The summed E-state index contributed by atoms with van der Waals surface area (Å²) >= 11 is 0. The van der Waals surface area contributed by atoms with E-state index in [1.165, 1.54) is 5.57 Å². The summed E-state index contributed by atoms with van der Waals surface area (Å²) in [4.78, 5) is 0. The SMILES string of the molecule is CC(C)=CCC[C@@](C)(O)/C=C/c1cc(C)ccc1O. The fraction of sp³-hybridized carbons (Fsp3) is 0.412. The number of allylic oxidation sites excluding steroid dienone is 2. The molecule has 1 atom stereocenters. The van der Waals surface area contributed by atoms with E-state index in [9.17, 15) is 10.2 Å². The van der Waals surface area contributed by atoms with Crippen LogP contribution in [-0.2, 0) is 0 Å². The van der Waals surface area contributed by atoms with Crippen molar-refractivity contribution in [1.82, 2.24) is 0 Å². The van der Waals surface area contributed by atoms with Gasteiger partial charge in [0, 0.05) is 5.56 Å². The minimum absolute atomic E-state index is 0.238. The van der Waals surface area contributed by atoms with E-state index in [0.29, 0.717) is 6.42 Å². The van der Waals surface area contributed by atoms with Gasteiger partial charge >= 0.3 is 0 Å². The molecule has 2 nitrogen and oxygen atoms in total. The van der Waals surface area contributed by atoms with Gasteiger partial charge in [0.15, 0.2) is 0 Å². The Morgan fingerprint density at radius 1 is 1.32 bits per heavy atom. The smallest absolute Gasteiger partial charge is 0.122 e. The number of aryl methyl sites for hydroxylation is 1. The van der Waals surface area contributed by atoms with Crippen LogP contribution >= 0.6 is 0 Å². The van der Waals surface area contributed by atoms with Crippen molar-refractivity contribution in [3.8, 4) is 5.75 Å². The van der Waals surface area contributed by atoms with Gasteiger partial charge in [-0.15, -0.1) is 0 Å². The highest BCUT2D eigenvalue weighted by molar-refractivity contribution is 5.58. The zero-order valence-corrected chi connectivity index (χ0v) is 12.3. The molecule has 1 aromatic carbocycles. The van der Waals surface area contributed by atoms with Crippen molar-refractivity contribution in [2.24, 2.45) is 0 Å². The van der Waals surface area contributed by atoms with E-state index in [4.69, 9.17) is 0 Å². The summed E-state index contributed by atoms with van der Waals surface area (Å²) in [5.74, 6) is 0.238. The van der Waals surface area contributed by atoms with Gasteiger partial charge in [0.25, 0.3) is 0 Å². The molecule has 0 saturated heterocycles. The molecule has 0 spiro atoms. The Balaban J connectivity index is 2.73. The Hall–Kier alpha value is -1.54. The van der Waals surface area contributed by atoms with E-state index in [0.717, 1.165) is 17.5 Å². The quantitative estimate of drug-likeness (QED) is 0.778. The van der Waals surface area contributed by atoms with Gasteiger partial charge in [0.05, 0.1) is 5.60 Å². The molecule has 2 heteroatoms. The summed E-state index contributed by atoms with van der Waals surface area (Å²) in [5.41, 5.74) is 2.22. The molecule has 0 aromatic heterocycles. The van der Waals surface area contributed by atoms with Crippen molar-refractivity contribution in [3.63, 3.8) is 0 Å². The first kappa shape index (κ1) is 15.5. The average molecular weight is 260 g/mol. The van der Waals surface area contributed by atoms with Crippen LogP contribution in [0.1, 0.15) is 44.7 Å². The number of aliphatic hydroxyl groups is 1. The summed E-state index contributed by atoms with van der Waals surface area (Å²) in [6.07, 6.45) is 7.17. The first-order chi connectivity index (χ1) is 8.80. The van der Waals surface area contributed by atoms with Crippen LogP contribution in [0.25, 0.3) is 6.08 Å². The number of phenols is 1. The number of phenolic OH excluding ortho intramolecular Hbond substituents is 1. The second kappa shape index (κ2) is 6.58. The highest BCUT2D eigenvalue weighted by atomic mass is 16.3. The Bertz CT molecular complexity index is 478. The third-order valence-corrected chi connectivity index (χ3v) is 3.01. The van der Waals surface area contributed by atoms with Gasteiger partial charge in [-0.05, 0) is 52.7 Å². The van der Waals surface area contributed by atoms with Crippen molar-refractivity contribution in [2.75, 3.05) is 0 Å². The van der Waals surface area contributed by atoms with Crippen molar-refractivity contribution in [1.29, 1.82) is 0 Å². The molecule has 0 saturated carbocycles. The van der Waals surface area contributed by atoms with Crippen LogP contribution in [0.4, 0.5) is 0 Å². The predicted octanol–water partition coefficient (Wildman–Crippen LogP) is 4.21. The molecule has 1 rings (SSSR count). The lowest BCUT2D eigenvalue weighted by Crippen LogP contribution is -2.19. The first-order valence-corrected chi connectivity index (χ1v) is 6.65. The fourth-order valence-electron chi connectivity index (χ4n) is 1.81. The Morgan fingerprint density at radius 3 is 2.63 bits per heavy atom. The van der Waals surface area contributed by atoms with E-state index in [1.807, 2.05) is 19.1 Å². The molecule has 0 fully saturated rings. The Morgan fingerprint density at radius 2 is 2.00 bits per heavy atom. The molecule has 104 valence electrons. The van der Waals surface area contributed by atoms with Gasteiger partial charge in [-0.2, -0.15) is 0 Å². The van der Waals surface area contributed by atoms with Gasteiger partial charge < -0.3 is 10.2 Å². The molecule has 0 amide bonds. The van der Waals surface area contributed by atoms with Crippen LogP contribution < -0.4 is 0 Å². The third-order valence-electron chi connectivity index (χ3n) is 3.01. The lowest BCUT2D eigenvalue weighted by molar-refractivity contribution is 0.104. The van der Waals surface area contributed by atoms with Crippen LogP contribution in [0.5, 0.6) is 5.75 Å². The van der Waals surface area contributed by atoms with E-state index >= 15 is 0 Å². The van der Waals surface area contributed by atoms with Crippen LogP contribution in [-0.4, -0.2) is 15.8 Å². The highest BCUT2D eigenvalue weighted by Crippen LogP contribution is 2.22. The van der Waals surface area contributed by atoms with E-state index in [-0.39, 0.29) is 5.75 Å². The largest absolute Gasteiger partial charge is 0.507 e. The molecule has 19 heavy (non-hydrogen) atoms. The normalized spacial score (nSPS) is 14.4. The maximum Gasteiger partial charge on any atom is 0.122 e. The molecule has 0 aliphatic rings. The van der Waals surface area contributed by atoms with Gasteiger partial charge in [0.1, 0.15) is 5.75 Å². The lowest BCUT2D eigenvalue weighted by atomic mass is 9.97. The highest BCUT2D eigenvalue weighted by Gasteiger charge is 2.15. The van der Waals surface area contributed by atoms with Crippen LogP contribution in [0.15, 0.2) is 35.9 Å². The van der Waals surface area contributed by atoms with Crippen molar-refractivity contribution < 1.29 is 10.2 Å². The second-order valence-electron chi connectivity index (χ2n) is 5.57. The number of hydrogen-bond acceptors (Lipinski definition) is 2. The molecule has 0 unspecified atom stereocenters. The number of aromatic hydroxyl groups is 1. The summed E-state index contributed by atoms with van der Waals surface area (Å²) in [6, 6.07) is 5.44. The average Bonchev–Trinajstić information content (AvgIpc) is 2.30. The monoisotopic (exact) mass is 260 g/mol. The van der Waals surface area contributed by atoms with Crippen molar-refractivity contribution in [3.05, 3.63) is 47.1 Å². The number of hydrogen-bond donors (Lipinski definition) is 2. The predicted molar refractivity (Wildman–Crippen MR) is 81.2 cm³/mol. The molecule has 0 bridgehead atoms. The molecule has 2 N–H and O–H groups in total. The summed E-state index contributed by atoms with van der Waals surface area (Å²) in [7, 11) is 0. The third kappa shape index (κ3) is 5.75. The van der Waals surface area contributed by atoms with E-state index in [2.05, 4.69) is 19.9 Å². The molecular weight excluding hydrogens is 236 g/mol. The van der Waals surface area contributed by atoms with E-state index < -0.39 is 5.60 Å². The van der Waals surface area contributed by atoms with Gasteiger partial charge in [-0.25, -0.2) is 0 Å². The lowest BCUT2D eigenvalue weighted by Gasteiger charge is -2.18. The molecular formula is C17H24O2. The van der Waals surface area contributed by atoms with Gasteiger partial charge in [-0.3, -0.25) is 0 Å². The van der Waals surface area contributed by atoms with Gasteiger partial charge in [-0.1, -0.05) is 35.4 Å². The van der Waals surface area contributed by atoms with Crippen LogP contribution in [0.3, 0.4) is 0 Å².